The number of carbonyl (C=O) groups excluding carboxylic acids is 3. The number of β-lactam (4-membered cyclic amide) rings is 1. The third-order valence-electron chi connectivity index (χ3n) is 7.34. The highest BCUT2D eigenvalue weighted by Crippen LogP contribution is 2.41. The van der Waals surface area contributed by atoms with Crippen LogP contribution in [0.5, 0.6) is 0 Å². The standard InChI is InChI=1S/C28H27N3O5S2/c32-22(15-37-21-8-7-17-3-1-2-4-18(17)12-21)29-23-26(34)31-24(28(35)36)20(14-38-27(23)31)11-19-9-10-30(25(19)33)13-16-5-6-16/h1-4,7-8,11-12,16,23,27H,5-6,9-10,13-15H2,(H,29,32)(H,35,36)/t23-,27-/m1/s1. The summed E-state index contributed by atoms with van der Waals surface area (Å²) in [6, 6.07) is 13.2. The lowest BCUT2D eigenvalue weighted by Gasteiger charge is -2.49. The maximum absolute atomic E-state index is 13.0. The number of likely N-dealkylation sites (tertiary alicyclic amines) is 1. The second-order valence-electron chi connectivity index (χ2n) is 10.0. The smallest absolute Gasteiger partial charge is 0.352 e. The molecule has 2 atom stereocenters. The van der Waals surface area contributed by atoms with Crippen LogP contribution < -0.4 is 5.32 Å². The number of amides is 3. The number of carboxylic acids is 1. The fourth-order valence-electron chi connectivity index (χ4n) is 5.17. The van der Waals surface area contributed by atoms with Crippen molar-refractivity contribution in [3.05, 3.63) is 65.4 Å². The van der Waals surface area contributed by atoms with Gasteiger partial charge in [-0.25, -0.2) is 4.79 Å². The van der Waals surface area contributed by atoms with Gasteiger partial charge in [0.25, 0.3) is 5.91 Å². The number of hydrogen-bond donors (Lipinski definition) is 2. The second-order valence-corrected chi connectivity index (χ2v) is 12.2. The molecule has 38 heavy (non-hydrogen) atoms. The van der Waals surface area contributed by atoms with Gasteiger partial charge in [0.05, 0.1) is 5.75 Å². The fraction of sp³-hybridized carbons (Fsp3) is 0.357. The van der Waals surface area contributed by atoms with Gasteiger partial charge in [-0.05, 0) is 59.7 Å². The van der Waals surface area contributed by atoms with E-state index < -0.39 is 23.3 Å². The van der Waals surface area contributed by atoms with Crippen LogP contribution >= 0.6 is 23.5 Å². The van der Waals surface area contributed by atoms with Gasteiger partial charge in [0.15, 0.2) is 0 Å². The van der Waals surface area contributed by atoms with Gasteiger partial charge in [-0.2, -0.15) is 0 Å². The molecular formula is C28H27N3O5S2. The minimum Gasteiger partial charge on any atom is -0.477 e. The van der Waals surface area contributed by atoms with E-state index in [-0.39, 0.29) is 23.3 Å². The minimum atomic E-state index is -1.20. The molecule has 3 heterocycles. The summed E-state index contributed by atoms with van der Waals surface area (Å²) in [7, 11) is 0. The number of benzene rings is 2. The average Bonchev–Trinajstić information content (AvgIpc) is 3.68. The SMILES string of the molecule is O=C(CSc1ccc2ccccc2c1)N[C@@H]1C(=O)N2C(C(=O)O)=C(C=C3CCN(CC4CC4)C3=O)CS[C@H]12. The maximum Gasteiger partial charge on any atom is 0.352 e. The lowest BCUT2D eigenvalue weighted by molar-refractivity contribution is -0.150. The first-order valence-corrected chi connectivity index (χ1v) is 14.7. The number of hydrogen-bond acceptors (Lipinski definition) is 6. The monoisotopic (exact) mass is 549 g/mol. The molecule has 196 valence electrons. The molecule has 0 unspecified atom stereocenters. The third-order valence-corrected chi connectivity index (χ3v) is 9.64. The minimum absolute atomic E-state index is 0.0368. The second kappa shape index (κ2) is 10.1. The molecule has 8 nitrogen and oxygen atoms in total. The average molecular weight is 550 g/mol. The van der Waals surface area contributed by atoms with Crippen LogP contribution in [0, 0.1) is 5.92 Å². The van der Waals surface area contributed by atoms with E-state index in [9.17, 15) is 24.3 Å². The molecule has 2 aromatic carbocycles. The summed E-state index contributed by atoms with van der Waals surface area (Å²) in [6.45, 7) is 1.42. The molecule has 2 N–H and O–H groups in total. The van der Waals surface area contributed by atoms with E-state index in [2.05, 4.69) is 5.32 Å². The van der Waals surface area contributed by atoms with Crippen LogP contribution in [0.15, 0.2) is 70.3 Å². The largest absolute Gasteiger partial charge is 0.477 e. The van der Waals surface area contributed by atoms with Crippen LogP contribution in [0.3, 0.4) is 0 Å². The van der Waals surface area contributed by atoms with Crippen molar-refractivity contribution >= 4 is 58.0 Å². The first kappa shape index (κ1) is 25.1. The zero-order valence-corrected chi connectivity index (χ0v) is 22.2. The topological polar surface area (TPSA) is 107 Å². The van der Waals surface area contributed by atoms with Gasteiger partial charge >= 0.3 is 5.97 Å². The van der Waals surface area contributed by atoms with E-state index in [0.29, 0.717) is 35.8 Å². The van der Waals surface area contributed by atoms with Crippen LogP contribution in [-0.2, 0) is 19.2 Å². The number of fused-ring (bicyclic) bond motifs is 2. The Morgan fingerprint density at radius 1 is 1.13 bits per heavy atom. The van der Waals surface area contributed by atoms with Gasteiger partial charge in [-0.1, -0.05) is 30.3 Å². The van der Waals surface area contributed by atoms with E-state index in [1.54, 1.807) is 6.08 Å². The number of allylic oxidation sites excluding steroid dienone is 1. The van der Waals surface area contributed by atoms with Gasteiger partial charge in [-0.15, -0.1) is 23.5 Å². The molecule has 0 aromatic heterocycles. The van der Waals surface area contributed by atoms with Crippen molar-refractivity contribution < 1.29 is 24.3 Å². The van der Waals surface area contributed by atoms with Crippen molar-refractivity contribution in [2.75, 3.05) is 24.6 Å². The number of thioether (sulfide) groups is 2. The summed E-state index contributed by atoms with van der Waals surface area (Å²) >= 11 is 2.80. The molecule has 0 bridgehead atoms. The van der Waals surface area contributed by atoms with Crippen LogP contribution in [0.4, 0.5) is 0 Å². The molecule has 3 amide bonds. The number of carbonyl (C=O) groups is 4. The van der Waals surface area contributed by atoms with Gasteiger partial charge in [-0.3, -0.25) is 19.3 Å². The Kier molecular flexibility index (Phi) is 6.69. The normalized spacial score (nSPS) is 24.2. The molecule has 6 rings (SSSR count). The van der Waals surface area contributed by atoms with Gasteiger partial charge in [0.2, 0.25) is 11.8 Å². The van der Waals surface area contributed by atoms with Crippen molar-refractivity contribution in [2.24, 2.45) is 5.92 Å². The quantitative estimate of drug-likeness (QED) is 0.296. The Morgan fingerprint density at radius 3 is 2.68 bits per heavy atom. The predicted molar refractivity (Wildman–Crippen MR) is 146 cm³/mol. The summed E-state index contributed by atoms with van der Waals surface area (Å²) in [6.07, 6.45) is 4.57. The van der Waals surface area contributed by atoms with Crippen LogP contribution in [0.2, 0.25) is 0 Å². The van der Waals surface area contributed by atoms with E-state index in [1.807, 2.05) is 47.4 Å². The van der Waals surface area contributed by atoms with Crippen LogP contribution in [-0.4, -0.2) is 74.6 Å². The Labute approximate surface area is 228 Å². The van der Waals surface area contributed by atoms with Crippen molar-refractivity contribution in [1.82, 2.24) is 15.1 Å². The zero-order chi connectivity index (χ0) is 26.4. The van der Waals surface area contributed by atoms with Crippen molar-refractivity contribution in [3.8, 4) is 0 Å². The Morgan fingerprint density at radius 2 is 1.92 bits per heavy atom. The molecule has 0 radical (unpaired) electrons. The molecule has 2 aromatic rings. The lowest BCUT2D eigenvalue weighted by atomic mass is 10.0. The molecule has 4 aliphatic rings. The van der Waals surface area contributed by atoms with E-state index >= 15 is 0 Å². The Bertz CT molecular complexity index is 1420. The van der Waals surface area contributed by atoms with Gasteiger partial charge in [0.1, 0.15) is 17.1 Å². The number of nitrogens with one attached hydrogen (secondary N) is 1. The van der Waals surface area contributed by atoms with Crippen molar-refractivity contribution in [1.29, 1.82) is 0 Å². The summed E-state index contributed by atoms with van der Waals surface area (Å²) < 4.78 is 0. The number of aliphatic carboxylic acids is 1. The van der Waals surface area contributed by atoms with Gasteiger partial charge in [0, 0.05) is 29.3 Å². The molecule has 0 spiro atoms. The fourth-order valence-corrected chi connectivity index (χ4v) is 7.23. The third kappa shape index (κ3) is 4.82. The number of carboxylic acid groups (broad SMARTS) is 1. The molecule has 2 saturated heterocycles. The summed E-state index contributed by atoms with van der Waals surface area (Å²) in [5.41, 5.74) is 0.984. The molecule has 3 fully saturated rings. The molecule has 1 aliphatic carbocycles. The Balaban J connectivity index is 1.10. The number of nitrogens with zero attached hydrogens (tertiary/aromatic N) is 2. The van der Waals surface area contributed by atoms with Crippen molar-refractivity contribution in [2.45, 2.75) is 35.6 Å². The number of rotatable bonds is 8. The zero-order valence-electron chi connectivity index (χ0n) is 20.6. The predicted octanol–water partition coefficient (Wildman–Crippen LogP) is 3.24. The summed E-state index contributed by atoms with van der Waals surface area (Å²) in [5.74, 6) is -0.853. The lowest BCUT2D eigenvalue weighted by Crippen LogP contribution is -2.70. The Hall–Kier alpha value is -3.24. The molecule has 3 aliphatic heterocycles. The van der Waals surface area contributed by atoms with E-state index in [1.165, 1.54) is 28.4 Å². The molecular weight excluding hydrogens is 522 g/mol. The van der Waals surface area contributed by atoms with E-state index in [0.717, 1.165) is 35.1 Å². The highest BCUT2D eigenvalue weighted by atomic mass is 32.2. The van der Waals surface area contributed by atoms with Crippen molar-refractivity contribution in [3.63, 3.8) is 0 Å². The highest BCUT2D eigenvalue weighted by molar-refractivity contribution is 8.00. The summed E-state index contributed by atoms with van der Waals surface area (Å²) in [5, 5.41) is 14.5. The first-order valence-electron chi connectivity index (χ1n) is 12.7. The van der Waals surface area contributed by atoms with Crippen LogP contribution in [0.1, 0.15) is 19.3 Å². The summed E-state index contributed by atoms with van der Waals surface area (Å²) in [4.78, 5) is 54.7. The molecule has 1 saturated carbocycles. The first-order chi connectivity index (χ1) is 18.4. The highest BCUT2D eigenvalue weighted by Gasteiger charge is 2.54. The van der Waals surface area contributed by atoms with Crippen LogP contribution in [0.25, 0.3) is 10.8 Å². The van der Waals surface area contributed by atoms with E-state index in [4.69, 9.17) is 0 Å². The molecule has 10 heteroatoms. The maximum atomic E-state index is 13.0. The van der Waals surface area contributed by atoms with Gasteiger partial charge < -0.3 is 15.3 Å².